The van der Waals surface area contributed by atoms with Gasteiger partial charge in [0.2, 0.25) is 11.4 Å². The standard InChI is InChI=1S/C44H37F3N2O8/c1-42(2,3)56-41(52)54-36-29-19-24(23-12-9-13-28(18-23)44(45,46)47)14-15-25(29)16-26-17-27-20-30-34(49(4)5)37-33(40(48-57-37)53-21-22-10-7-6-8-11-22)38(51)43(30)39(55-43)32(27)35(50)31(26)36/h6-16,18-19,27,30,34H,17,20-21H2,1-5H3/t27-,30-,34-,43+/m0/s1. The van der Waals surface area contributed by atoms with E-state index in [0.717, 1.165) is 17.7 Å². The molecule has 292 valence electrons. The number of aromatic nitrogens is 1. The number of halogens is 3. The Kier molecular flexibility index (Phi) is 8.23. The first-order valence-electron chi connectivity index (χ1n) is 18.6. The number of ketones is 2. The Labute approximate surface area is 325 Å². The summed E-state index contributed by atoms with van der Waals surface area (Å²) >= 11 is 0. The summed E-state index contributed by atoms with van der Waals surface area (Å²) in [4.78, 5) is 44.9. The molecule has 0 N–H and O–H groups in total. The number of nitrogens with zero attached hydrogens (tertiary/aromatic N) is 2. The number of rotatable bonds is 6. The van der Waals surface area contributed by atoms with Gasteiger partial charge in [0.25, 0.3) is 5.88 Å². The number of epoxide rings is 1. The molecule has 3 aliphatic carbocycles. The predicted octanol–water partition coefficient (Wildman–Crippen LogP) is 9.30. The SMILES string of the molecule is CN(C)[C@@H]1c2onc(OCc3ccccc3)c2C(=O)[C@@]23OC2=C2C(=O)c4c(cc5ccc(-c6cccc(C(F)(F)F)c6)cc5c4OC(=O)OC(C)(C)C)C[C@H]2C[C@@H]13. The van der Waals surface area contributed by atoms with E-state index in [4.69, 9.17) is 23.5 Å². The minimum absolute atomic E-state index is 0.0388. The van der Waals surface area contributed by atoms with E-state index in [2.05, 4.69) is 5.16 Å². The molecule has 0 amide bonds. The summed E-state index contributed by atoms with van der Waals surface area (Å²) in [5, 5.41) is 5.11. The summed E-state index contributed by atoms with van der Waals surface area (Å²) in [5.74, 6) is -1.06. The van der Waals surface area contributed by atoms with Gasteiger partial charge in [-0.05, 0) is 105 Å². The summed E-state index contributed by atoms with van der Waals surface area (Å²) in [6.45, 7) is 5.16. The minimum atomic E-state index is -4.56. The van der Waals surface area contributed by atoms with Crippen LogP contribution < -0.4 is 9.47 Å². The third kappa shape index (κ3) is 5.98. The average Bonchev–Trinajstić information content (AvgIpc) is 3.77. The first kappa shape index (κ1) is 36.7. The topological polar surface area (TPSA) is 121 Å². The zero-order valence-electron chi connectivity index (χ0n) is 31.7. The lowest BCUT2D eigenvalue weighted by Gasteiger charge is -2.41. The summed E-state index contributed by atoms with van der Waals surface area (Å²) in [5.41, 5.74) is -0.462. The second-order valence-electron chi connectivity index (χ2n) is 16.2. The van der Waals surface area contributed by atoms with Crippen molar-refractivity contribution in [3.05, 3.63) is 124 Å². The van der Waals surface area contributed by atoms with Crippen LogP contribution in [0.15, 0.2) is 94.7 Å². The molecule has 1 saturated heterocycles. The number of Topliss-reactive ketones (excluding diaryl/α,β-unsaturated/α-hetero) is 2. The minimum Gasteiger partial charge on any atom is -0.470 e. The Morgan fingerprint density at radius 1 is 0.947 bits per heavy atom. The molecule has 1 aromatic heterocycles. The Bertz CT molecular complexity index is 2550. The van der Waals surface area contributed by atoms with Crippen LogP contribution in [0.3, 0.4) is 0 Å². The van der Waals surface area contributed by atoms with E-state index < -0.39 is 52.6 Å². The molecule has 4 aliphatic rings. The van der Waals surface area contributed by atoms with Crippen molar-refractivity contribution < 1.29 is 51.0 Å². The van der Waals surface area contributed by atoms with Gasteiger partial charge in [0.15, 0.2) is 23.1 Å². The van der Waals surface area contributed by atoms with Crippen molar-refractivity contribution in [1.82, 2.24) is 10.1 Å². The van der Waals surface area contributed by atoms with E-state index in [0.29, 0.717) is 46.1 Å². The number of carbonyl (C=O) groups is 3. The summed E-state index contributed by atoms with van der Waals surface area (Å²) in [6, 6.07) is 20.8. The zero-order chi connectivity index (χ0) is 40.2. The Hall–Kier alpha value is -5.95. The van der Waals surface area contributed by atoms with Crippen LogP contribution in [-0.4, -0.2) is 53.1 Å². The van der Waals surface area contributed by atoms with Gasteiger partial charge in [0.05, 0.1) is 17.2 Å². The summed E-state index contributed by atoms with van der Waals surface area (Å²) in [6.07, 6.45) is -4.87. The highest BCUT2D eigenvalue weighted by molar-refractivity contribution is 6.20. The lowest BCUT2D eigenvalue weighted by molar-refractivity contribution is -0.137. The average molecular weight is 779 g/mol. The van der Waals surface area contributed by atoms with E-state index in [1.807, 2.05) is 55.4 Å². The molecule has 0 bridgehead atoms. The van der Waals surface area contributed by atoms with Crippen LogP contribution in [0.25, 0.3) is 21.9 Å². The lowest BCUT2D eigenvalue weighted by Crippen LogP contribution is -2.49. The number of carbonyl (C=O) groups excluding carboxylic acids is 3. The van der Waals surface area contributed by atoms with Crippen LogP contribution in [-0.2, 0) is 28.7 Å². The van der Waals surface area contributed by atoms with Gasteiger partial charge in [0, 0.05) is 16.9 Å². The van der Waals surface area contributed by atoms with Crippen molar-refractivity contribution in [2.45, 2.75) is 63.6 Å². The van der Waals surface area contributed by atoms with Crippen molar-refractivity contribution in [2.75, 3.05) is 14.1 Å². The van der Waals surface area contributed by atoms with Gasteiger partial charge in [-0.3, -0.25) is 14.5 Å². The maximum Gasteiger partial charge on any atom is 0.514 e. The normalized spacial score (nSPS) is 22.2. The molecule has 13 heteroatoms. The molecule has 0 unspecified atom stereocenters. The molecule has 0 radical (unpaired) electrons. The Morgan fingerprint density at radius 3 is 2.42 bits per heavy atom. The number of benzene rings is 4. The van der Waals surface area contributed by atoms with Gasteiger partial charge in [-0.2, -0.15) is 13.2 Å². The van der Waals surface area contributed by atoms with Crippen LogP contribution in [0.4, 0.5) is 18.0 Å². The van der Waals surface area contributed by atoms with E-state index in [1.165, 1.54) is 6.07 Å². The van der Waals surface area contributed by atoms with Crippen LogP contribution in [0.5, 0.6) is 11.6 Å². The van der Waals surface area contributed by atoms with Crippen molar-refractivity contribution in [3.63, 3.8) is 0 Å². The highest BCUT2D eigenvalue weighted by Gasteiger charge is 2.75. The molecule has 4 aromatic carbocycles. The zero-order valence-corrected chi connectivity index (χ0v) is 31.7. The van der Waals surface area contributed by atoms with E-state index >= 15 is 0 Å². The molecular weight excluding hydrogens is 741 g/mol. The smallest absolute Gasteiger partial charge is 0.470 e. The third-order valence-corrected chi connectivity index (χ3v) is 11.2. The number of fused-ring (bicyclic) bond motifs is 4. The summed E-state index contributed by atoms with van der Waals surface area (Å²) in [7, 11) is 3.77. The first-order valence-corrected chi connectivity index (χ1v) is 18.6. The molecule has 5 aromatic rings. The summed E-state index contributed by atoms with van der Waals surface area (Å²) < 4.78 is 70.8. The second kappa shape index (κ2) is 12.8. The molecule has 9 rings (SSSR count). The highest BCUT2D eigenvalue weighted by Crippen LogP contribution is 2.66. The lowest BCUT2D eigenvalue weighted by atomic mass is 9.61. The first-order chi connectivity index (χ1) is 27.0. The molecule has 1 fully saturated rings. The number of hydrogen-bond acceptors (Lipinski definition) is 10. The molecule has 0 saturated carbocycles. The number of hydrogen-bond donors (Lipinski definition) is 0. The van der Waals surface area contributed by atoms with Crippen LogP contribution in [0.1, 0.15) is 76.4 Å². The number of allylic oxidation sites excluding steroid dienone is 1. The largest absolute Gasteiger partial charge is 0.514 e. The van der Waals surface area contributed by atoms with Crippen LogP contribution in [0, 0.1) is 11.8 Å². The molecule has 10 nitrogen and oxygen atoms in total. The maximum absolute atomic E-state index is 15.0. The fraction of sp³-hybridized carbons (Fsp3) is 0.318. The van der Waals surface area contributed by atoms with Crippen molar-refractivity contribution >= 4 is 28.5 Å². The van der Waals surface area contributed by atoms with Gasteiger partial charge < -0.3 is 23.5 Å². The Morgan fingerprint density at radius 2 is 1.70 bits per heavy atom. The fourth-order valence-electron chi connectivity index (χ4n) is 8.78. The molecule has 1 aliphatic heterocycles. The molecule has 2 heterocycles. The number of alkyl halides is 3. The second-order valence-corrected chi connectivity index (χ2v) is 16.2. The third-order valence-electron chi connectivity index (χ3n) is 11.2. The van der Waals surface area contributed by atoms with Gasteiger partial charge in [-0.25, -0.2) is 4.79 Å². The molecule has 4 atom stereocenters. The van der Waals surface area contributed by atoms with Gasteiger partial charge >= 0.3 is 12.3 Å². The quantitative estimate of drug-likeness (QED) is 0.0937. The highest BCUT2D eigenvalue weighted by atomic mass is 19.4. The molecular formula is C44H37F3N2O8. The molecule has 57 heavy (non-hydrogen) atoms. The van der Waals surface area contributed by atoms with E-state index in [9.17, 15) is 27.6 Å². The predicted molar refractivity (Wildman–Crippen MR) is 200 cm³/mol. The van der Waals surface area contributed by atoms with Crippen molar-refractivity contribution in [1.29, 1.82) is 0 Å². The van der Waals surface area contributed by atoms with Crippen molar-refractivity contribution in [2.24, 2.45) is 11.8 Å². The fourth-order valence-corrected chi connectivity index (χ4v) is 8.78. The maximum atomic E-state index is 15.0. The van der Waals surface area contributed by atoms with Gasteiger partial charge in [0.1, 0.15) is 17.8 Å². The van der Waals surface area contributed by atoms with Gasteiger partial charge in [-0.15, -0.1) is 0 Å². The molecule has 1 spiro atoms. The van der Waals surface area contributed by atoms with Crippen LogP contribution in [0.2, 0.25) is 0 Å². The van der Waals surface area contributed by atoms with Crippen LogP contribution >= 0.6 is 0 Å². The number of ether oxygens (including phenoxy) is 4. The monoisotopic (exact) mass is 778 g/mol. The van der Waals surface area contributed by atoms with Gasteiger partial charge in [-0.1, -0.05) is 60.7 Å². The van der Waals surface area contributed by atoms with Crippen molar-refractivity contribution in [3.8, 4) is 22.8 Å². The Balaban J connectivity index is 1.16. The van der Waals surface area contributed by atoms with E-state index in [1.54, 1.807) is 45.0 Å². The van der Waals surface area contributed by atoms with E-state index in [-0.39, 0.29) is 46.6 Å².